The molecule has 1 aromatic carbocycles. The summed E-state index contributed by atoms with van der Waals surface area (Å²) in [4.78, 5) is 6.44. The zero-order chi connectivity index (χ0) is 13.8. The molecule has 0 aliphatic rings. The van der Waals surface area contributed by atoms with Crippen molar-refractivity contribution in [2.45, 2.75) is 13.8 Å². The summed E-state index contributed by atoms with van der Waals surface area (Å²) < 4.78 is 6.53. The van der Waals surface area contributed by atoms with Gasteiger partial charge in [-0.1, -0.05) is 0 Å². The number of hydrogen-bond donors (Lipinski definition) is 0. The lowest BCUT2D eigenvalue weighted by Gasteiger charge is -2.19. The van der Waals surface area contributed by atoms with Crippen molar-refractivity contribution in [2.24, 2.45) is 0 Å². The first kappa shape index (κ1) is 13.9. The minimum Gasteiger partial charge on any atom is -0.494 e. The Labute approximate surface area is 122 Å². The van der Waals surface area contributed by atoms with E-state index in [2.05, 4.69) is 38.8 Å². The quantitative estimate of drug-likeness (QED) is 0.838. The molecule has 0 N–H and O–H groups in total. The van der Waals surface area contributed by atoms with Crippen molar-refractivity contribution in [2.75, 3.05) is 18.6 Å². The van der Waals surface area contributed by atoms with Crippen LogP contribution in [0, 0.1) is 6.92 Å². The largest absolute Gasteiger partial charge is 0.494 e. The summed E-state index contributed by atoms with van der Waals surface area (Å²) in [6.45, 7) is 4.73. The average molecular weight is 321 g/mol. The fraction of sp³-hybridized carbons (Fsp3) is 0.267. The van der Waals surface area contributed by atoms with Crippen LogP contribution in [0.2, 0.25) is 0 Å². The minimum atomic E-state index is 0.685. The highest BCUT2D eigenvalue weighted by Gasteiger charge is 2.07. The summed E-state index contributed by atoms with van der Waals surface area (Å²) >= 11 is 3.39. The van der Waals surface area contributed by atoms with Gasteiger partial charge in [-0.25, -0.2) is 4.98 Å². The van der Waals surface area contributed by atoms with Crippen LogP contribution >= 0.6 is 15.9 Å². The highest BCUT2D eigenvalue weighted by atomic mass is 79.9. The Morgan fingerprint density at radius 1 is 1.26 bits per heavy atom. The number of benzene rings is 1. The number of aryl methyl sites for hydroxylation is 1. The van der Waals surface area contributed by atoms with E-state index in [0.29, 0.717) is 6.61 Å². The van der Waals surface area contributed by atoms with Gasteiger partial charge in [0.2, 0.25) is 0 Å². The van der Waals surface area contributed by atoms with Crippen LogP contribution in [0.5, 0.6) is 5.75 Å². The Morgan fingerprint density at radius 3 is 2.63 bits per heavy atom. The third-order valence-corrected chi connectivity index (χ3v) is 3.37. The Bertz CT molecular complexity index is 555. The van der Waals surface area contributed by atoms with Crippen LogP contribution in [0.4, 0.5) is 11.5 Å². The molecule has 3 nitrogen and oxygen atoms in total. The van der Waals surface area contributed by atoms with Gasteiger partial charge in [0.15, 0.2) is 0 Å². The van der Waals surface area contributed by atoms with E-state index in [1.807, 2.05) is 38.2 Å². The standard InChI is InChI=1S/C15H17BrN2O/c1-4-19-14-7-6-13(9-11(14)2)18(3)15-8-5-12(16)10-17-15/h5-10H,4H2,1-3H3. The second kappa shape index (κ2) is 6.06. The van der Waals surface area contributed by atoms with Gasteiger partial charge in [-0.2, -0.15) is 0 Å². The molecule has 2 aromatic rings. The summed E-state index contributed by atoms with van der Waals surface area (Å²) in [6, 6.07) is 10.1. The molecule has 0 saturated heterocycles. The fourth-order valence-corrected chi connectivity index (χ4v) is 2.09. The van der Waals surface area contributed by atoms with Crippen LogP contribution in [-0.2, 0) is 0 Å². The normalized spacial score (nSPS) is 10.3. The average Bonchev–Trinajstić information content (AvgIpc) is 2.41. The van der Waals surface area contributed by atoms with Crippen molar-refractivity contribution >= 4 is 27.4 Å². The summed E-state index contributed by atoms with van der Waals surface area (Å²) in [5.41, 5.74) is 2.22. The molecule has 1 aromatic heterocycles. The third kappa shape index (κ3) is 3.26. The van der Waals surface area contributed by atoms with Crippen LogP contribution in [0.1, 0.15) is 12.5 Å². The number of pyridine rings is 1. The van der Waals surface area contributed by atoms with E-state index < -0.39 is 0 Å². The van der Waals surface area contributed by atoms with E-state index >= 15 is 0 Å². The number of halogens is 1. The van der Waals surface area contributed by atoms with Gasteiger partial charge >= 0.3 is 0 Å². The smallest absolute Gasteiger partial charge is 0.132 e. The highest BCUT2D eigenvalue weighted by molar-refractivity contribution is 9.10. The second-order valence-electron chi connectivity index (χ2n) is 4.28. The van der Waals surface area contributed by atoms with Gasteiger partial charge in [-0.15, -0.1) is 0 Å². The van der Waals surface area contributed by atoms with Crippen LogP contribution in [0.25, 0.3) is 0 Å². The Kier molecular flexibility index (Phi) is 4.43. The monoisotopic (exact) mass is 320 g/mol. The predicted octanol–water partition coefficient (Wildman–Crippen LogP) is 4.32. The van der Waals surface area contributed by atoms with Crippen LogP contribution in [-0.4, -0.2) is 18.6 Å². The second-order valence-corrected chi connectivity index (χ2v) is 5.19. The maximum Gasteiger partial charge on any atom is 0.132 e. The molecule has 4 heteroatoms. The number of rotatable bonds is 4. The summed E-state index contributed by atoms with van der Waals surface area (Å²) in [5, 5.41) is 0. The Morgan fingerprint density at radius 2 is 2.05 bits per heavy atom. The number of hydrogen-bond acceptors (Lipinski definition) is 3. The molecule has 0 aliphatic carbocycles. The molecular formula is C15H17BrN2O. The molecule has 0 atom stereocenters. The first-order valence-electron chi connectivity index (χ1n) is 6.20. The van der Waals surface area contributed by atoms with Gasteiger partial charge in [0, 0.05) is 23.4 Å². The van der Waals surface area contributed by atoms with Gasteiger partial charge in [0.25, 0.3) is 0 Å². The number of ether oxygens (including phenoxy) is 1. The van der Waals surface area contributed by atoms with Crippen molar-refractivity contribution in [3.05, 3.63) is 46.6 Å². The van der Waals surface area contributed by atoms with Crippen LogP contribution in [0.3, 0.4) is 0 Å². The van der Waals surface area contributed by atoms with E-state index in [-0.39, 0.29) is 0 Å². The fourth-order valence-electron chi connectivity index (χ4n) is 1.86. The lowest BCUT2D eigenvalue weighted by Crippen LogP contribution is -2.11. The van der Waals surface area contributed by atoms with Gasteiger partial charge in [0.1, 0.15) is 11.6 Å². The Balaban J connectivity index is 2.26. The summed E-state index contributed by atoms with van der Waals surface area (Å²) in [7, 11) is 2.01. The van der Waals surface area contributed by atoms with Crippen molar-refractivity contribution in [1.82, 2.24) is 4.98 Å². The maximum absolute atomic E-state index is 5.55. The SMILES string of the molecule is CCOc1ccc(N(C)c2ccc(Br)cn2)cc1C. The van der Waals surface area contributed by atoms with Crippen LogP contribution < -0.4 is 9.64 Å². The molecule has 2 rings (SSSR count). The first-order valence-corrected chi connectivity index (χ1v) is 7.00. The number of anilines is 2. The molecule has 100 valence electrons. The number of aromatic nitrogens is 1. The molecule has 0 fully saturated rings. The first-order chi connectivity index (χ1) is 9.11. The van der Waals surface area contributed by atoms with E-state index in [1.54, 1.807) is 6.20 Å². The van der Waals surface area contributed by atoms with E-state index in [9.17, 15) is 0 Å². The molecule has 0 unspecified atom stereocenters. The van der Waals surface area contributed by atoms with Crippen molar-refractivity contribution in [1.29, 1.82) is 0 Å². The van der Waals surface area contributed by atoms with Gasteiger partial charge < -0.3 is 9.64 Å². The van der Waals surface area contributed by atoms with Gasteiger partial charge in [-0.3, -0.25) is 0 Å². The molecule has 0 saturated carbocycles. The number of nitrogens with zero attached hydrogens (tertiary/aromatic N) is 2. The van der Waals surface area contributed by atoms with Crippen molar-refractivity contribution < 1.29 is 4.74 Å². The highest BCUT2D eigenvalue weighted by Crippen LogP contribution is 2.27. The van der Waals surface area contributed by atoms with E-state index in [4.69, 9.17) is 4.74 Å². The van der Waals surface area contributed by atoms with Gasteiger partial charge in [-0.05, 0) is 65.7 Å². The third-order valence-electron chi connectivity index (χ3n) is 2.90. The molecule has 0 radical (unpaired) electrons. The van der Waals surface area contributed by atoms with Crippen molar-refractivity contribution in [3.8, 4) is 5.75 Å². The lowest BCUT2D eigenvalue weighted by atomic mass is 10.2. The molecular weight excluding hydrogens is 304 g/mol. The van der Waals surface area contributed by atoms with Crippen molar-refractivity contribution in [3.63, 3.8) is 0 Å². The molecule has 19 heavy (non-hydrogen) atoms. The maximum atomic E-state index is 5.55. The molecule has 0 bridgehead atoms. The zero-order valence-corrected chi connectivity index (χ0v) is 12.9. The van der Waals surface area contributed by atoms with E-state index in [1.165, 1.54) is 0 Å². The molecule has 1 heterocycles. The lowest BCUT2D eigenvalue weighted by molar-refractivity contribution is 0.338. The summed E-state index contributed by atoms with van der Waals surface area (Å²) in [5.74, 6) is 1.84. The topological polar surface area (TPSA) is 25.4 Å². The minimum absolute atomic E-state index is 0.685. The Hall–Kier alpha value is -1.55. The zero-order valence-electron chi connectivity index (χ0n) is 11.4. The predicted molar refractivity (Wildman–Crippen MR) is 82.3 cm³/mol. The summed E-state index contributed by atoms with van der Waals surface area (Å²) in [6.07, 6.45) is 1.80. The van der Waals surface area contributed by atoms with Crippen LogP contribution in [0.15, 0.2) is 41.0 Å². The molecule has 0 spiro atoms. The molecule has 0 amide bonds. The van der Waals surface area contributed by atoms with E-state index in [0.717, 1.165) is 27.3 Å². The van der Waals surface area contributed by atoms with Gasteiger partial charge in [0.05, 0.1) is 6.61 Å². The molecule has 0 aliphatic heterocycles.